The van der Waals surface area contributed by atoms with Crippen LogP contribution >= 0.6 is 23.5 Å². The normalized spacial score (nSPS) is 22.5. The molecule has 0 radical (unpaired) electrons. The summed E-state index contributed by atoms with van der Waals surface area (Å²) in [7, 11) is 0. The average molecular weight is 476 g/mol. The van der Waals surface area contributed by atoms with Gasteiger partial charge in [-0.1, -0.05) is 30.0 Å². The maximum atomic E-state index is 13.1. The topological polar surface area (TPSA) is 104 Å². The Morgan fingerprint density at radius 1 is 1.16 bits per heavy atom. The van der Waals surface area contributed by atoms with E-state index in [2.05, 4.69) is 13.6 Å². The number of rotatable bonds is 4. The molecule has 3 heterocycles. The molecule has 3 unspecified atom stereocenters. The lowest BCUT2D eigenvalue weighted by molar-refractivity contribution is -0.159. The SMILES string of the molecule is FC(F)(F)c1ccccc1CSc1nsnc1C1CN2CCCC1C2.O=C(O)C(=O)O. The summed E-state index contributed by atoms with van der Waals surface area (Å²) in [5.41, 5.74) is 0.733. The van der Waals surface area contributed by atoms with Gasteiger partial charge in [0.15, 0.2) is 0 Å². The summed E-state index contributed by atoms with van der Waals surface area (Å²) in [5.74, 6) is -2.40. The van der Waals surface area contributed by atoms with E-state index in [1.54, 1.807) is 12.1 Å². The molecule has 3 atom stereocenters. The number of carboxylic acid groups (broad SMARTS) is 2. The van der Waals surface area contributed by atoms with Crippen LogP contribution in [0.5, 0.6) is 0 Å². The fourth-order valence-electron chi connectivity index (χ4n) is 3.91. The highest BCUT2D eigenvalue weighted by molar-refractivity contribution is 7.98. The predicted octanol–water partition coefficient (Wildman–Crippen LogP) is 3.81. The number of piperidine rings is 1. The maximum absolute atomic E-state index is 13.1. The molecule has 1 aromatic carbocycles. The van der Waals surface area contributed by atoms with Gasteiger partial charge in [-0.25, -0.2) is 9.59 Å². The molecule has 0 spiro atoms. The zero-order valence-corrected chi connectivity index (χ0v) is 17.8. The monoisotopic (exact) mass is 475 g/mol. The van der Waals surface area contributed by atoms with Crippen LogP contribution < -0.4 is 0 Å². The molecule has 12 heteroatoms. The molecule has 2 bridgehead atoms. The second kappa shape index (κ2) is 9.96. The molecule has 0 amide bonds. The van der Waals surface area contributed by atoms with Crippen LogP contribution in [-0.2, 0) is 21.5 Å². The Morgan fingerprint density at radius 3 is 2.52 bits per heavy atom. The summed E-state index contributed by atoms with van der Waals surface area (Å²) in [6.07, 6.45) is -1.89. The number of hydrogen-bond acceptors (Lipinski definition) is 7. The first kappa shape index (κ1) is 23.5. The number of aromatic nitrogens is 2. The van der Waals surface area contributed by atoms with Crippen molar-refractivity contribution in [2.45, 2.75) is 35.7 Å². The molecule has 2 aliphatic heterocycles. The van der Waals surface area contributed by atoms with E-state index in [1.807, 2.05) is 0 Å². The van der Waals surface area contributed by atoms with Crippen molar-refractivity contribution in [1.82, 2.24) is 13.6 Å². The molecule has 7 nitrogen and oxygen atoms in total. The largest absolute Gasteiger partial charge is 0.473 e. The van der Waals surface area contributed by atoms with Crippen molar-refractivity contribution >= 4 is 35.4 Å². The number of thioether (sulfide) groups is 1. The Hall–Kier alpha value is -2.18. The molecule has 168 valence electrons. The molecule has 2 saturated heterocycles. The van der Waals surface area contributed by atoms with Gasteiger partial charge in [-0.15, -0.1) is 0 Å². The molecule has 2 aromatic rings. The van der Waals surface area contributed by atoms with Gasteiger partial charge in [0.1, 0.15) is 5.03 Å². The molecular formula is C19H20F3N3O4S2. The number of hydrogen-bond donors (Lipinski definition) is 2. The van der Waals surface area contributed by atoms with E-state index in [0.717, 1.165) is 36.4 Å². The van der Waals surface area contributed by atoms with Crippen LogP contribution in [0.15, 0.2) is 29.3 Å². The molecule has 1 aromatic heterocycles. The highest BCUT2D eigenvalue weighted by Gasteiger charge is 2.39. The van der Waals surface area contributed by atoms with Crippen molar-refractivity contribution in [2.75, 3.05) is 19.6 Å². The lowest BCUT2D eigenvalue weighted by Gasteiger charge is -2.21. The summed E-state index contributed by atoms with van der Waals surface area (Å²) in [5, 5.41) is 15.6. The highest BCUT2D eigenvalue weighted by Crippen LogP contribution is 2.42. The smallest absolute Gasteiger partial charge is 0.416 e. The standard InChI is InChI=1S/C17H18F3N3S2.C2H2O4/c18-17(19,20)14-6-2-1-4-12(14)10-24-16-15(21-25-22-16)13-9-23-7-3-5-11(13)8-23;3-1(4)2(5)6/h1-2,4,6,11,13H,3,5,7-10H2;(H,3,4)(H,5,6). The summed E-state index contributed by atoms with van der Waals surface area (Å²) < 4.78 is 48.3. The number of fused-ring (bicyclic) bond motifs is 2. The minimum absolute atomic E-state index is 0.259. The Bertz CT molecular complexity index is 926. The Balaban J connectivity index is 0.000000401. The first-order valence-electron chi connectivity index (χ1n) is 9.45. The highest BCUT2D eigenvalue weighted by atomic mass is 32.2. The second-order valence-electron chi connectivity index (χ2n) is 7.28. The van der Waals surface area contributed by atoms with Gasteiger partial charge >= 0.3 is 18.1 Å². The summed E-state index contributed by atoms with van der Waals surface area (Å²) in [6, 6.07) is 5.77. The Morgan fingerprint density at radius 2 is 1.87 bits per heavy atom. The number of halogens is 3. The number of alkyl halides is 3. The van der Waals surface area contributed by atoms with Gasteiger partial charge in [0.2, 0.25) is 0 Å². The lowest BCUT2D eigenvalue weighted by Crippen LogP contribution is -2.25. The van der Waals surface area contributed by atoms with Gasteiger partial charge in [-0.2, -0.15) is 21.9 Å². The third kappa shape index (κ3) is 5.95. The van der Waals surface area contributed by atoms with Gasteiger partial charge in [-0.3, -0.25) is 0 Å². The predicted molar refractivity (Wildman–Crippen MR) is 108 cm³/mol. The lowest BCUT2D eigenvalue weighted by atomic mass is 9.89. The summed E-state index contributed by atoms with van der Waals surface area (Å²) in [6.45, 7) is 3.26. The molecule has 2 fully saturated rings. The van der Waals surface area contributed by atoms with Crippen LogP contribution in [0.25, 0.3) is 0 Å². The third-order valence-electron chi connectivity index (χ3n) is 5.27. The van der Waals surface area contributed by atoms with Gasteiger partial charge < -0.3 is 15.1 Å². The maximum Gasteiger partial charge on any atom is 0.416 e. The van der Waals surface area contributed by atoms with Crippen molar-refractivity contribution in [3.05, 3.63) is 41.1 Å². The van der Waals surface area contributed by atoms with E-state index >= 15 is 0 Å². The van der Waals surface area contributed by atoms with E-state index in [0.29, 0.717) is 17.4 Å². The van der Waals surface area contributed by atoms with Gasteiger partial charge in [-0.05, 0) is 36.9 Å². The number of aliphatic carboxylic acids is 2. The molecule has 0 saturated carbocycles. The van der Waals surface area contributed by atoms with Gasteiger partial charge in [0.05, 0.1) is 23.0 Å². The van der Waals surface area contributed by atoms with E-state index in [4.69, 9.17) is 19.8 Å². The van der Waals surface area contributed by atoms with Crippen molar-refractivity contribution in [2.24, 2.45) is 5.92 Å². The van der Waals surface area contributed by atoms with E-state index < -0.39 is 23.7 Å². The molecule has 4 rings (SSSR count). The number of carbonyl (C=O) groups is 2. The van der Waals surface area contributed by atoms with Crippen LogP contribution in [0.3, 0.4) is 0 Å². The van der Waals surface area contributed by atoms with Gasteiger partial charge in [0, 0.05) is 24.8 Å². The average Bonchev–Trinajstić information content (AvgIpc) is 3.29. The minimum atomic E-state index is -4.32. The van der Waals surface area contributed by atoms with Crippen molar-refractivity contribution in [3.8, 4) is 0 Å². The quantitative estimate of drug-likeness (QED) is 0.508. The fourth-order valence-corrected chi connectivity index (χ4v) is 5.68. The molecular weight excluding hydrogens is 455 g/mol. The Kier molecular flexibility index (Phi) is 7.55. The number of benzene rings is 1. The van der Waals surface area contributed by atoms with E-state index in [9.17, 15) is 13.2 Å². The minimum Gasteiger partial charge on any atom is -0.473 e. The fraction of sp³-hybridized carbons (Fsp3) is 0.474. The first-order valence-corrected chi connectivity index (χ1v) is 11.2. The summed E-state index contributed by atoms with van der Waals surface area (Å²) >= 11 is 2.55. The number of carboxylic acids is 2. The molecule has 2 N–H and O–H groups in total. The third-order valence-corrected chi connectivity index (χ3v) is 6.96. The van der Waals surface area contributed by atoms with Crippen molar-refractivity contribution < 1.29 is 33.0 Å². The molecule has 0 aliphatic carbocycles. The van der Waals surface area contributed by atoms with Crippen LogP contribution in [-0.4, -0.2) is 55.4 Å². The van der Waals surface area contributed by atoms with Crippen LogP contribution in [0.2, 0.25) is 0 Å². The van der Waals surface area contributed by atoms with Crippen LogP contribution in [0.1, 0.15) is 35.6 Å². The Labute approximate surface area is 184 Å². The van der Waals surface area contributed by atoms with Crippen molar-refractivity contribution in [3.63, 3.8) is 0 Å². The molecule has 31 heavy (non-hydrogen) atoms. The summed E-state index contributed by atoms with van der Waals surface area (Å²) in [4.78, 5) is 20.7. The van der Waals surface area contributed by atoms with Crippen LogP contribution in [0.4, 0.5) is 13.2 Å². The molecule has 2 aliphatic rings. The zero-order chi connectivity index (χ0) is 22.6. The van der Waals surface area contributed by atoms with E-state index in [-0.39, 0.29) is 5.75 Å². The number of nitrogens with zero attached hydrogens (tertiary/aromatic N) is 3. The zero-order valence-electron chi connectivity index (χ0n) is 16.2. The first-order chi connectivity index (χ1) is 14.7. The second-order valence-corrected chi connectivity index (χ2v) is 8.77. The van der Waals surface area contributed by atoms with Crippen LogP contribution in [0, 0.1) is 5.92 Å². The van der Waals surface area contributed by atoms with E-state index in [1.165, 1.54) is 42.4 Å². The van der Waals surface area contributed by atoms with Crippen molar-refractivity contribution in [1.29, 1.82) is 0 Å². The van der Waals surface area contributed by atoms with Gasteiger partial charge in [0.25, 0.3) is 0 Å².